The molecule has 0 aromatic heterocycles. The lowest BCUT2D eigenvalue weighted by atomic mass is 10.0. The molecule has 0 bridgehead atoms. The molecule has 0 amide bonds. The maximum Gasteiger partial charge on any atom is 0.343 e. The summed E-state index contributed by atoms with van der Waals surface area (Å²) in [4.78, 5) is 11.4. The minimum absolute atomic E-state index is 0.168. The summed E-state index contributed by atoms with van der Waals surface area (Å²) in [5, 5.41) is 0. The summed E-state index contributed by atoms with van der Waals surface area (Å²) in [5.41, 5.74) is 1.11. The molecule has 0 fully saturated rings. The van der Waals surface area contributed by atoms with Crippen molar-refractivity contribution < 1.29 is 18.3 Å². The molecule has 0 heterocycles. The first kappa shape index (κ1) is 13.2. The first-order valence-corrected chi connectivity index (χ1v) is 5.68. The fraction of sp³-hybridized carbons (Fsp3) is 0.133. The van der Waals surface area contributed by atoms with E-state index in [4.69, 9.17) is 0 Å². The minimum Gasteiger partial charge on any atom is -0.465 e. The van der Waals surface area contributed by atoms with E-state index in [1.165, 1.54) is 6.07 Å². The van der Waals surface area contributed by atoms with Gasteiger partial charge in [0.15, 0.2) is 0 Å². The van der Waals surface area contributed by atoms with Gasteiger partial charge in [-0.1, -0.05) is 29.8 Å². The van der Waals surface area contributed by atoms with Crippen LogP contribution in [0.2, 0.25) is 0 Å². The Morgan fingerprint density at radius 1 is 1.05 bits per heavy atom. The Morgan fingerprint density at radius 3 is 2.26 bits per heavy atom. The molecule has 0 atom stereocenters. The molecule has 19 heavy (non-hydrogen) atoms. The van der Waals surface area contributed by atoms with E-state index in [2.05, 4.69) is 4.74 Å². The molecule has 0 radical (unpaired) electrons. The minimum atomic E-state index is -1.02. The maximum atomic E-state index is 14.2. The number of carbonyl (C=O) groups is 1. The number of aryl methyl sites for hydroxylation is 1. The predicted octanol–water partition coefficient (Wildman–Crippen LogP) is 3.73. The zero-order valence-corrected chi connectivity index (χ0v) is 10.5. The normalized spacial score (nSPS) is 10.3. The number of ether oxygens (including phenoxy) is 1. The Morgan fingerprint density at radius 2 is 1.68 bits per heavy atom. The van der Waals surface area contributed by atoms with Crippen LogP contribution < -0.4 is 0 Å². The van der Waals surface area contributed by atoms with Crippen molar-refractivity contribution in [2.45, 2.75) is 6.92 Å². The van der Waals surface area contributed by atoms with Gasteiger partial charge in [0.05, 0.1) is 7.11 Å². The van der Waals surface area contributed by atoms with Gasteiger partial charge in [0, 0.05) is 5.56 Å². The van der Waals surface area contributed by atoms with Crippen molar-refractivity contribution in [3.05, 3.63) is 59.2 Å². The lowest BCUT2D eigenvalue weighted by Crippen LogP contribution is -2.08. The summed E-state index contributed by atoms with van der Waals surface area (Å²) in [6.45, 7) is 1.91. The van der Waals surface area contributed by atoms with Crippen LogP contribution in [-0.2, 0) is 4.74 Å². The van der Waals surface area contributed by atoms with Gasteiger partial charge in [-0.05, 0) is 24.6 Å². The molecular formula is C15H12F2O2. The summed E-state index contributed by atoms with van der Waals surface area (Å²) in [6.07, 6.45) is 0. The van der Waals surface area contributed by atoms with Gasteiger partial charge < -0.3 is 4.74 Å². The number of hydrogen-bond acceptors (Lipinski definition) is 2. The van der Waals surface area contributed by atoms with Crippen LogP contribution in [0.5, 0.6) is 0 Å². The van der Waals surface area contributed by atoms with Crippen LogP contribution in [0.1, 0.15) is 15.9 Å². The number of benzene rings is 2. The van der Waals surface area contributed by atoms with Crippen LogP contribution in [0.4, 0.5) is 8.78 Å². The third-order valence-electron chi connectivity index (χ3n) is 2.84. The van der Waals surface area contributed by atoms with Crippen LogP contribution in [0.3, 0.4) is 0 Å². The molecular weight excluding hydrogens is 250 g/mol. The molecule has 0 N–H and O–H groups in total. The fourth-order valence-corrected chi connectivity index (χ4v) is 1.80. The van der Waals surface area contributed by atoms with E-state index in [1.807, 2.05) is 19.1 Å². The predicted molar refractivity (Wildman–Crippen MR) is 67.9 cm³/mol. The Hall–Kier alpha value is -2.23. The Bertz CT molecular complexity index is 619. The average molecular weight is 262 g/mol. The second-order valence-electron chi connectivity index (χ2n) is 4.14. The third-order valence-corrected chi connectivity index (χ3v) is 2.84. The highest BCUT2D eigenvalue weighted by molar-refractivity contribution is 5.91. The quantitative estimate of drug-likeness (QED) is 0.771. The van der Waals surface area contributed by atoms with Crippen molar-refractivity contribution in [1.82, 2.24) is 0 Å². The molecule has 0 aliphatic carbocycles. The second-order valence-corrected chi connectivity index (χ2v) is 4.14. The van der Waals surface area contributed by atoms with Crippen molar-refractivity contribution in [2.75, 3.05) is 7.11 Å². The Balaban J connectivity index is 2.60. The highest BCUT2D eigenvalue weighted by Crippen LogP contribution is 2.27. The van der Waals surface area contributed by atoms with Crippen molar-refractivity contribution >= 4 is 5.97 Å². The van der Waals surface area contributed by atoms with Crippen LogP contribution in [0, 0.1) is 18.6 Å². The van der Waals surface area contributed by atoms with Crippen LogP contribution >= 0.6 is 0 Å². The molecule has 4 heteroatoms. The summed E-state index contributed by atoms with van der Waals surface area (Å²) in [7, 11) is 1.08. The molecule has 0 spiro atoms. The number of carbonyl (C=O) groups excluding carboxylic acids is 1. The molecule has 0 unspecified atom stereocenters. The van der Waals surface area contributed by atoms with Gasteiger partial charge in [-0.2, -0.15) is 0 Å². The van der Waals surface area contributed by atoms with Crippen LogP contribution in [0.25, 0.3) is 11.1 Å². The van der Waals surface area contributed by atoms with Crippen molar-refractivity contribution in [3.8, 4) is 11.1 Å². The maximum absolute atomic E-state index is 14.2. The summed E-state index contributed by atoms with van der Waals surface area (Å²) >= 11 is 0. The zero-order chi connectivity index (χ0) is 14.0. The second kappa shape index (κ2) is 5.18. The van der Waals surface area contributed by atoms with Gasteiger partial charge in [-0.25, -0.2) is 13.6 Å². The van der Waals surface area contributed by atoms with E-state index < -0.39 is 23.2 Å². The summed E-state index contributed by atoms with van der Waals surface area (Å²) < 4.78 is 32.1. The third kappa shape index (κ3) is 2.47. The highest BCUT2D eigenvalue weighted by Gasteiger charge is 2.21. The summed E-state index contributed by atoms with van der Waals surface area (Å²) in [6, 6.07) is 9.43. The standard InChI is InChI=1S/C15H12F2O2/c1-9-3-5-10(6-4-9)11-7-8-12(16)13(14(11)17)15(18)19-2/h3-8H,1-2H3. The van der Waals surface area contributed by atoms with Crippen LogP contribution in [-0.4, -0.2) is 13.1 Å². The zero-order valence-electron chi connectivity index (χ0n) is 10.5. The molecule has 98 valence electrons. The first-order chi connectivity index (χ1) is 9.04. The van der Waals surface area contributed by atoms with Crippen molar-refractivity contribution in [3.63, 3.8) is 0 Å². The van der Waals surface area contributed by atoms with E-state index in [-0.39, 0.29) is 5.56 Å². The van der Waals surface area contributed by atoms with E-state index in [9.17, 15) is 13.6 Å². The molecule has 0 aliphatic heterocycles. The summed E-state index contributed by atoms with van der Waals surface area (Å²) in [5.74, 6) is -2.86. The number of esters is 1. The fourth-order valence-electron chi connectivity index (χ4n) is 1.80. The SMILES string of the molecule is COC(=O)c1c(F)ccc(-c2ccc(C)cc2)c1F. The molecule has 2 rings (SSSR count). The average Bonchev–Trinajstić information content (AvgIpc) is 2.40. The highest BCUT2D eigenvalue weighted by atomic mass is 19.1. The lowest BCUT2D eigenvalue weighted by molar-refractivity contribution is 0.0590. The molecule has 0 aliphatic rings. The van der Waals surface area contributed by atoms with Gasteiger partial charge in [0.1, 0.15) is 17.2 Å². The smallest absolute Gasteiger partial charge is 0.343 e. The number of methoxy groups -OCH3 is 1. The van der Waals surface area contributed by atoms with Gasteiger partial charge >= 0.3 is 5.97 Å². The largest absolute Gasteiger partial charge is 0.465 e. The van der Waals surface area contributed by atoms with Crippen molar-refractivity contribution in [1.29, 1.82) is 0 Å². The number of halogens is 2. The van der Waals surface area contributed by atoms with Gasteiger partial charge in [-0.15, -0.1) is 0 Å². The van der Waals surface area contributed by atoms with E-state index in [0.717, 1.165) is 18.7 Å². The Labute approximate surface area is 109 Å². The van der Waals surface area contributed by atoms with Gasteiger partial charge in [0.25, 0.3) is 0 Å². The molecule has 2 aromatic rings. The first-order valence-electron chi connectivity index (χ1n) is 5.68. The van der Waals surface area contributed by atoms with Gasteiger partial charge in [-0.3, -0.25) is 0 Å². The van der Waals surface area contributed by atoms with Gasteiger partial charge in [0.2, 0.25) is 0 Å². The van der Waals surface area contributed by atoms with E-state index in [0.29, 0.717) is 5.56 Å². The number of rotatable bonds is 2. The monoisotopic (exact) mass is 262 g/mol. The lowest BCUT2D eigenvalue weighted by Gasteiger charge is -2.08. The molecule has 0 saturated heterocycles. The van der Waals surface area contributed by atoms with E-state index in [1.54, 1.807) is 12.1 Å². The molecule has 2 nitrogen and oxygen atoms in total. The van der Waals surface area contributed by atoms with E-state index >= 15 is 0 Å². The number of hydrogen-bond donors (Lipinski definition) is 0. The molecule has 2 aromatic carbocycles. The topological polar surface area (TPSA) is 26.3 Å². The molecule has 0 saturated carbocycles. The van der Waals surface area contributed by atoms with Crippen LogP contribution in [0.15, 0.2) is 36.4 Å². The Kier molecular flexibility index (Phi) is 3.60. The van der Waals surface area contributed by atoms with Crippen molar-refractivity contribution in [2.24, 2.45) is 0 Å².